The van der Waals surface area contributed by atoms with E-state index in [2.05, 4.69) is 32.0 Å². The Morgan fingerprint density at radius 2 is 1.80 bits per heavy atom. The summed E-state index contributed by atoms with van der Waals surface area (Å²) in [5.74, 6) is -0.429. The number of benzene rings is 2. The number of anilines is 1. The molecule has 0 amide bonds. The summed E-state index contributed by atoms with van der Waals surface area (Å²) in [6, 6.07) is 10.4. The van der Waals surface area contributed by atoms with Gasteiger partial charge in [-0.1, -0.05) is 23.8 Å². The summed E-state index contributed by atoms with van der Waals surface area (Å²) < 4.78 is 14.0. The molecule has 1 unspecified atom stereocenters. The van der Waals surface area contributed by atoms with Crippen LogP contribution in [0.3, 0.4) is 0 Å². The van der Waals surface area contributed by atoms with Crippen molar-refractivity contribution in [3.63, 3.8) is 0 Å². The molecule has 0 saturated carbocycles. The highest BCUT2D eigenvalue weighted by atomic mass is 19.1. The molecule has 1 N–H and O–H groups in total. The van der Waals surface area contributed by atoms with E-state index in [9.17, 15) is 9.50 Å². The third-order valence-electron chi connectivity index (χ3n) is 3.75. The van der Waals surface area contributed by atoms with Crippen LogP contribution in [0.15, 0.2) is 36.4 Å². The molecule has 0 saturated heterocycles. The van der Waals surface area contributed by atoms with Gasteiger partial charge in [-0.3, -0.25) is 0 Å². The standard InChI is InChI=1S/C17H20FNO/c1-11-5-8-17(12(2)9-11)19(4)13(3)15-7-6-14(20)10-16(15)18/h5-10,13,20H,1-4H3. The van der Waals surface area contributed by atoms with Crippen LogP contribution in [-0.4, -0.2) is 12.2 Å². The molecule has 3 heteroatoms. The first-order chi connectivity index (χ1) is 9.40. The SMILES string of the molecule is Cc1ccc(N(C)C(C)c2ccc(O)cc2F)c(C)c1. The van der Waals surface area contributed by atoms with Crippen molar-refractivity contribution in [2.75, 3.05) is 11.9 Å². The number of halogens is 1. The molecule has 0 fully saturated rings. The topological polar surface area (TPSA) is 23.5 Å². The fourth-order valence-corrected chi connectivity index (χ4v) is 2.47. The third kappa shape index (κ3) is 2.77. The monoisotopic (exact) mass is 273 g/mol. The van der Waals surface area contributed by atoms with Gasteiger partial charge >= 0.3 is 0 Å². The van der Waals surface area contributed by atoms with Crippen LogP contribution in [0.2, 0.25) is 0 Å². The van der Waals surface area contributed by atoms with Gasteiger partial charge in [0.1, 0.15) is 11.6 Å². The zero-order valence-corrected chi connectivity index (χ0v) is 12.3. The number of hydrogen-bond acceptors (Lipinski definition) is 2. The average Bonchev–Trinajstić information content (AvgIpc) is 2.37. The Kier molecular flexibility index (Phi) is 3.98. The van der Waals surface area contributed by atoms with E-state index in [1.165, 1.54) is 17.2 Å². The van der Waals surface area contributed by atoms with E-state index < -0.39 is 0 Å². The fourth-order valence-electron chi connectivity index (χ4n) is 2.47. The zero-order valence-electron chi connectivity index (χ0n) is 12.3. The minimum atomic E-state index is -0.380. The Labute approximate surface area is 119 Å². The molecule has 2 aromatic rings. The van der Waals surface area contributed by atoms with Crippen molar-refractivity contribution in [2.45, 2.75) is 26.8 Å². The summed E-state index contributed by atoms with van der Waals surface area (Å²) in [6.07, 6.45) is 0. The van der Waals surface area contributed by atoms with Gasteiger partial charge in [-0.25, -0.2) is 4.39 Å². The molecule has 0 heterocycles. The van der Waals surface area contributed by atoms with Crippen LogP contribution in [0.25, 0.3) is 0 Å². The number of aryl methyl sites for hydroxylation is 2. The zero-order chi connectivity index (χ0) is 14.9. The van der Waals surface area contributed by atoms with Gasteiger partial charge in [0.05, 0.1) is 6.04 Å². The Morgan fingerprint density at radius 1 is 1.10 bits per heavy atom. The fraction of sp³-hybridized carbons (Fsp3) is 0.294. The minimum absolute atomic E-state index is 0.0485. The lowest BCUT2D eigenvalue weighted by molar-refractivity contribution is 0.466. The maximum Gasteiger partial charge on any atom is 0.132 e. The summed E-state index contributed by atoms with van der Waals surface area (Å²) >= 11 is 0. The summed E-state index contributed by atoms with van der Waals surface area (Å²) in [5.41, 5.74) is 4.03. The molecule has 106 valence electrons. The molecule has 0 aliphatic carbocycles. The molecule has 0 aliphatic heterocycles. The summed E-state index contributed by atoms with van der Waals surface area (Å²) in [6.45, 7) is 6.06. The van der Waals surface area contributed by atoms with E-state index in [1.807, 2.05) is 18.9 Å². The van der Waals surface area contributed by atoms with Crippen LogP contribution < -0.4 is 4.90 Å². The lowest BCUT2D eigenvalue weighted by Crippen LogP contribution is -2.23. The minimum Gasteiger partial charge on any atom is -0.508 e. The second-order valence-corrected chi connectivity index (χ2v) is 5.28. The van der Waals surface area contributed by atoms with Gasteiger partial charge in [-0.05, 0) is 38.5 Å². The Bertz CT molecular complexity index is 569. The van der Waals surface area contributed by atoms with E-state index in [0.717, 1.165) is 11.8 Å². The molecule has 0 aromatic heterocycles. The highest BCUT2D eigenvalue weighted by Crippen LogP contribution is 2.30. The molecule has 20 heavy (non-hydrogen) atoms. The number of phenolic OH excluding ortho intramolecular Hbond substituents is 1. The van der Waals surface area contributed by atoms with Gasteiger partial charge in [0, 0.05) is 24.4 Å². The smallest absolute Gasteiger partial charge is 0.132 e. The molecule has 1 atom stereocenters. The number of aromatic hydroxyl groups is 1. The van der Waals surface area contributed by atoms with Gasteiger partial charge < -0.3 is 10.0 Å². The first-order valence-electron chi connectivity index (χ1n) is 6.68. The maximum absolute atomic E-state index is 14.0. The summed E-state index contributed by atoms with van der Waals surface area (Å²) in [4.78, 5) is 2.05. The van der Waals surface area contributed by atoms with Crippen molar-refractivity contribution in [2.24, 2.45) is 0 Å². The molecular formula is C17H20FNO. The van der Waals surface area contributed by atoms with Crippen molar-refractivity contribution < 1.29 is 9.50 Å². The van der Waals surface area contributed by atoms with E-state index >= 15 is 0 Å². The number of nitrogens with zero attached hydrogens (tertiary/aromatic N) is 1. The molecule has 2 rings (SSSR count). The number of phenols is 1. The summed E-state index contributed by atoms with van der Waals surface area (Å²) in [5, 5.41) is 9.30. The molecule has 2 nitrogen and oxygen atoms in total. The average molecular weight is 273 g/mol. The Hall–Kier alpha value is -2.03. The van der Waals surface area contributed by atoms with E-state index in [0.29, 0.717) is 5.56 Å². The quantitative estimate of drug-likeness (QED) is 0.899. The molecule has 2 aromatic carbocycles. The van der Waals surface area contributed by atoms with Gasteiger partial charge in [0.25, 0.3) is 0 Å². The lowest BCUT2D eigenvalue weighted by Gasteiger charge is -2.29. The first kappa shape index (κ1) is 14.4. The highest BCUT2D eigenvalue weighted by Gasteiger charge is 2.17. The molecular weight excluding hydrogens is 253 g/mol. The van der Waals surface area contributed by atoms with Crippen molar-refractivity contribution in [3.8, 4) is 5.75 Å². The van der Waals surface area contributed by atoms with Crippen molar-refractivity contribution >= 4 is 5.69 Å². The van der Waals surface area contributed by atoms with E-state index in [-0.39, 0.29) is 17.6 Å². The van der Waals surface area contributed by atoms with Crippen LogP contribution in [0.1, 0.15) is 29.7 Å². The van der Waals surface area contributed by atoms with Crippen molar-refractivity contribution in [1.82, 2.24) is 0 Å². The second-order valence-electron chi connectivity index (χ2n) is 5.28. The molecule has 0 aliphatic rings. The normalized spacial score (nSPS) is 12.2. The largest absolute Gasteiger partial charge is 0.508 e. The third-order valence-corrected chi connectivity index (χ3v) is 3.75. The summed E-state index contributed by atoms with van der Waals surface area (Å²) in [7, 11) is 1.95. The van der Waals surface area contributed by atoms with E-state index in [1.54, 1.807) is 6.07 Å². The molecule has 0 spiro atoms. The number of rotatable bonds is 3. The maximum atomic E-state index is 14.0. The second kappa shape index (κ2) is 5.53. The van der Waals surface area contributed by atoms with Crippen LogP contribution in [0, 0.1) is 19.7 Å². The predicted octanol–water partition coefficient (Wildman–Crippen LogP) is 4.35. The first-order valence-corrected chi connectivity index (χ1v) is 6.68. The van der Waals surface area contributed by atoms with Gasteiger partial charge in [-0.15, -0.1) is 0 Å². The Morgan fingerprint density at radius 3 is 2.40 bits per heavy atom. The van der Waals surface area contributed by atoms with Crippen molar-refractivity contribution in [3.05, 3.63) is 58.9 Å². The van der Waals surface area contributed by atoms with Gasteiger partial charge in [-0.2, -0.15) is 0 Å². The van der Waals surface area contributed by atoms with Crippen LogP contribution in [0.4, 0.5) is 10.1 Å². The van der Waals surface area contributed by atoms with Crippen LogP contribution in [-0.2, 0) is 0 Å². The number of hydrogen-bond donors (Lipinski definition) is 1. The van der Waals surface area contributed by atoms with Crippen LogP contribution >= 0.6 is 0 Å². The van der Waals surface area contributed by atoms with Crippen molar-refractivity contribution in [1.29, 1.82) is 0 Å². The molecule has 0 bridgehead atoms. The van der Waals surface area contributed by atoms with Gasteiger partial charge in [0.15, 0.2) is 0 Å². The predicted molar refractivity (Wildman–Crippen MR) is 80.8 cm³/mol. The lowest BCUT2D eigenvalue weighted by atomic mass is 10.0. The van der Waals surface area contributed by atoms with E-state index in [4.69, 9.17) is 0 Å². The molecule has 0 radical (unpaired) electrons. The van der Waals surface area contributed by atoms with Gasteiger partial charge in [0.2, 0.25) is 0 Å². The highest BCUT2D eigenvalue weighted by molar-refractivity contribution is 5.55. The van der Waals surface area contributed by atoms with Crippen LogP contribution in [0.5, 0.6) is 5.75 Å². The Balaban J connectivity index is 2.34.